The summed E-state index contributed by atoms with van der Waals surface area (Å²) >= 11 is 6.14. The third-order valence-electron chi connectivity index (χ3n) is 3.36. The lowest BCUT2D eigenvalue weighted by molar-refractivity contribution is 0.682. The largest absolute Gasteiger partial charge is 0.399 e. The average Bonchev–Trinajstić information content (AvgIpc) is 2.46. The second kappa shape index (κ2) is 6.51. The van der Waals surface area contributed by atoms with Gasteiger partial charge >= 0.3 is 0 Å². The Morgan fingerprint density at radius 2 is 1.86 bits per heavy atom. The van der Waals surface area contributed by atoms with Crippen molar-refractivity contribution in [1.82, 2.24) is 0 Å². The maximum Gasteiger partial charge on any atom is 0.101 e. The Hall–Kier alpha value is -2.18. The minimum Gasteiger partial charge on any atom is -0.399 e. The van der Waals surface area contributed by atoms with Gasteiger partial charge in [-0.1, -0.05) is 23.7 Å². The van der Waals surface area contributed by atoms with Gasteiger partial charge in [-0.3, -0.25) is 0 Å². The van der Waals surface area contributed by atoms with Gasteiger partial charge in [-0.2, -0.15) is 5.26 Å². The molecule has 0 aliphatic heterocycles. The molecule has 0 fully saturated rings. The molecular weight excluding hydrogens is 282 g/mol. The van der Waals surface area contributed by atoms with Crippen molar-refractivity contribution in [3.63, 3.8) is 0 Å². The monoisotopic (exact) mass is 299 g/mol. The maximum atomic E-state index is 8.96. The van der Waals surface area contributed by atoms with Crippen LogP contribution in [0.2, 0.25) is 5.02 Å². The average molecular weight is 300 g/mol. The van der Waals surface area contributed by atoms with E-state index in [1.54, 1.807) is 6.07 Å². The van der Waals surface area contributed by atoms with Crippen LogP contribution >= 0.6 is 11.6 Å². The summed E-state index contributed by atoms with van der Waals surface area (Å²) in [6.45, 7) is 5.02. The fourth-order valence-electron chi connectivity index (χ4n) is 2.17. The number of benzene rings is 2. The van der Waals surface area contributed by atoms with E-state index >= 15 is 0 Å². The Labute approximate surface area is 130 Å². The Kier molecular flexibility index (Phi) is 4.72. The normalized spacial score (nSPS) is 10.4. The van der Waals surface area contributed by atoms with Crippen LogP contribution in [0.15, 0.2) is 42.5 Å². The van der Waals surface area contributed by atoms with Crippen molar-refractivity contribution in [1.29, 1.82) is 5.26 Å². The van der Waals surface area contributed by atoms with Gasteiger partial charge in [0.2, 0.25) is 0 Å². The number of hydrogen-bond acceptors (Lipinski definition) is 3. The molecule has 108 valence electrons. The van der Waals surface area contributed by atoms with Crippen LogP contribution in [-0.4, -0.2) is 6.04 Å². The molecule has 0 radical (unpaired) electrons. The molecule has 0 saturated heterocycles. The Morgan fingerprint density at radius 1 is 1.19 bits per heavy atom. The minimum atomic E-state index is 0.312. The molecule has 2 aromatic rings. The van der Waals surface area contributed by atoms with Crippen LogP contribution in [0.4, 0.5) is 11.4 Å². The second-order valence-corrected chi connectivity index (χ2v) is 5.65. The molecule has 0 bridgehead atoms. The molecule has 0 unspecified atom stereocenters. The lowest BCUT2D eigenvalue weighted by Gasteiger charge is -2.29. The van der Waals surface area contributed by atoms with E-state index in [1.165, 1.54) is 5.56 Å². The van der Waals surface area contributed by atoms with Gasteiger partial charge in [0.05, 0.1) is 10.6 Å². The number of halogens is 1. The molecule has 0 aliphatic rings. The van der Waals surface area contributed by atoms with Gasteiger partial charge in [0.15, 0.2) is 0 Å². The first-order chi connectivity index (χ1) is 10.0. The molecule has 0 aliphatic carbocycles. The summed E-state index contributed by atoms with van der Waals surface area (Å²) in [7, 11) is 0. The number of hydrogen-bond donors (Lipinski definition) is 1. The van der Waals surface area contributed by atoms with Crippen LogP contribution in [-0.2, 0) is 6.54 Å². The molecule has 0 atom stereocenters. The van der Waals surface area contributed by atoms with Crippen molar-refractivity contribution in [3.8, 4) is 6.07 Å². The molecule has 0 amide bonds. The van der Waals surface area contributed by atoms with Crippen molar-refractivity contribution in [2.75, 3.05) is 10.6 Å². The Morgan fingerprint density at radius 3 is 2.38 bits per heavy atom. The van der Waals surface area contributed by atoms with E-state index in [-0.39, 0.29) is 0 Å². The van der Waals surface area contributed by atoms with E-state index in [1.807, 2.05) is 36.4 Å². The topological polar surface area (TPSA) is 53.0 Å². The summed E-state index contributed by atoms with van der Waals surface area (Å²) in [5, 5.41) is 9.44. The van der Waals surface area contributed by atoms with Crippen LogP contribution in [0.3, 0.4) is 0 Å². The predicted molar refractivity (Wildman–Crippen MR) is 88.3 cm³/mol. The number of nitrogens with two attached hydrogens (primary N) is 1. The molecule has 0 spiro atoms. The van der Waals surface area contributed by atoms with Crippen LogP contribution in [0.25, 0.3) is 0 Å². The zero-order chi connectivity index (χ0) is 15.4. The van der Waals surface area contributed by atoms with E-state index < -0.39 is 0 Å². The van der Waals surface area contributed by atoms with Gasteiger partial charge in [0.1, 0.15) is 6.07 Å². The van der Waals surface area contributed by atoms with Gasteiger partial charge in [0, 0.05) is 24.0 Å². The van der Waals surface area contributed by atoms with E-state index in [9.17, 15) is 0 Å². The third kappa shape index (κ3) is 3.68. The molecule has 0 aromatic heterocycles. The highest BCUT2D eigenvalue weighted by molar-refractivity contribution is 6.32. The summed E-state index contributed by atoms with van der Waals surface area (Å²) < 4.78 is 0. The maximum absolute atomic E-state index is 8.96. The molecule has 21 heavy (non-hydrogen) atoms. The summed E-state index contributed by atoms with van der Waals surface area (Å²) in [5.41, 5.74) is 9.16. The number of nitrogen functional groups attached to an aromatic ring is 1. The SMILES string of the molecule is CC(C)N(Cc1ccc(N)cc1)c1ccc(C#N)c(Cl)c1. The van der Waals surface area contributed by atoms with Gasteiger partial charge in [-0.15, -0.1) is 0 Å². The van der Waals surface area contributed by atoms with Crippen LogP contribution in [0, 0.1) is 11.3 Å². The van der Waals surface area contributed by atoms with E-state index in [4.69, 9.17) is 22.6 Å². The van der Waals surface area contributed by atoms with E-state index in [0.29, 0.717) is 16.6 Å². The van der Waals surface area contributed by atoms with Crippen LogP contribution < -0.4 is 10.6 Å². The third-order valence-corrected chi connectivity index (χ3v) is 3.67. The first-order valence-electron chi connectivity index (χ1n) is 6.82. The van der Waals surface area contributed by atoms with Crippen molar-refractivity contribution >= 4 is 23.0 Å². The summed E-state index contributed by atoms with van der Waals surface area (Å²) in [6.07, 6.45) is 0. The highest BCUT2D eigenvalue weighted by Gasteiger charge is 2.13. The first-order valence-corrected chi connectivity index (χ1v) is 7.19. The van der Waals surface area contributed by atoms with Gasteiger partial charge < -0.3 is 10.6 Å². The first kappa shape index (κ1) is 15.2. The Bertz CT molecular complexity index is 657. The molecule has 4 heteroatoms. The van der Waals surface area contributed by atoms with E-state index in [0.717, 1.165) is 17.9 Å². The zero-order valence-corrected chi connectivity index (χ0v) is 12.9. The smallest absolute Gasteiger partial charge is 0.101 e. The quantitative estimate of drug-likeness (QED) is 0.860. The second-order valence-electron chi connectivity index (χ2n) is 5.24. The molecule has 0 saturated carbocycles. The fraction of sp³-hybridized carbons (Fsp3) is 0.235. The molecule has 2 rings (SSSR count). The lowest BCUT2D eigenvalue weighted by Crippen LogP contribution is -2.30. The zero-order valence-electron chi connectivity index (χ0n) is 12.2. The standard InChI is InChI=1S/C17H18ClN3/c1-12(2)21(11-13-3-6-15(20)7-4-13)16-8-5-14(10-19)17(18)9-16/h3-9,12H,11,20H2,1-2H3. The highest BCUT2D eigenvalue weighted by Crippen LogP contribution is 2.26. The van der Waals surface area contributed by atoms with E-state index in [2.05, 4.69) is 24.8 Å². The molecule has 2 N–H and O–H groups in total. The molecule has 3 nitrogen and oxygen atoms in total. The number of nitrogens with zero attached hydrogens (tertiary/aromatic N) is 2. The molecule has 2 aromatic carbocycles. The van der Waals surface area contributed by atoms with Crippen LogP contribution in [0.1, 0.15) is 25.0 Å². The highest BCUT2D eigenvalue weighted by atomic mass is 35.5. The summed E-state index contributed by atoms with van der Waals surface area (Å²) in [4.78, 5) is 2.23. The number of rotatable bonds is 4. The number of anilines is 2. The van der Waals surface area contributed by atoms with Crippen molar-refractivity contribution in [3.05, 3.63) is 58.6 Å². The van der Waals surface area contributed by atoms with Gasteiger partial charge in [0.25, 0.3) is 0 Å². The van der Waals surface area contributed by atoms with Crippen molar-refractivity contribution in [2.45, 2.75) is 26.4 Å². The van der Waals surface area contributed by atoms with Crippen LogP contribution in [0.5, 0.6) is 0 Å². The Balaban J connectivity index is 2.29. The predicted octanol–water partition coefficient (Wildman–Crippen LogP) is 4.21. The lowest BCUT2D eigenvalue weighted by atomic mass is 10.1. The molecular formula is C17H18ClN3. The van der Waals surface area contributed by atoms with Gasteiger partial charge in [-0.25, -0.2) is 0 Å². The minimum absolute atomic E-state index is 0.312. The van der Waals surface area contributed by atoms with Crippen molar-refractivity contribution < 1.29 is 0 Å². The summed E-state index contributed by atoms with van der Waals surface area (Å²) in [5.74, 6) is 0. The van der Waals surface area contributed by atoms with Crippen molar-refractivity contribution in [2.24, 2.45) is 0 Å². The van der Waals surface area contributed by atoms with Gasteiger partial charge in [-0.05, 0) is 49.7 Å². The fourth-order valence-corrected chi connectivity index (χ4v) is 2.38. The number of nitriles is 1. The molecule has 0 heterocycles. The summed E-state index contributed by atoms with van der Waals surface area (Å²) in [6, 6.07) is 15.8.